The summed E-state index contributed by atoms with van der Waals surface area (Å²) in [6, 6.07) is 12.3. The fourth-order valence-corrected chi connectivity index (χ4v) is 2.64. The minimum absolute atomic E-state index is 0. The summed E-state index contributed by atoms with van der Waals surface area (Å²) in [4.78, 5) is 10.00. The third kappa shape index (κ3) is 8.29. The van der Waals surface area contributed by atoms with Crippen LogP contribution in [0, 0.1) is 0 Å². The molecule has 0 spiro atoms. The summed E-state index contributed by atoms with van der Waals surface area (Å²) >= 11 is 7.54. The molecule has 25 heavy (non-hydrogen) atoms. The van der Waals surface area contributed by atoms with Gasteiger partial charge in [0.05, 0.1) is 6.54 Å². The number of hydrogen-bond acceptors (Lipinski definition) is 3. The fraction of sp³-hybridized carbons (Fsp3) is 0.333. The van der Waals surface area contributed by atoms with E-state index in [2.05, 4.69) is 58.1 Å². The third-order valence-corrected chi connectivity index (χ3v) is 4.38. The Hall–Kier alpha value is -0.990. The third-order valence-electron chi connectivity index (χ3n) is 3.42. The Morgan fingerprint density at radius 2 is 1.84 bits per heavy atom. The lowest BCUT2D eigenvalue weighted by Gasteiger charge is -2.11. The van der Waals surface area contributed by atoms with Gasteiger partial charge in [0.25, 0.3) is 0 Å². The smallest absolute Gasteiger partial charge is 0.191 e. The highest BCUT2D eigenvalue weighted by atomic mass is 127. The maximum atomic E-state index is 5.80. The fourth-order valence-electron chi connectivity index (χ4n) is 2.12. The Balaban J connectivity index is 0.00000312. The minimum Gasteiger partial charge on any atom is -0.357 e. The number of halogens is 2. The van der Waals surface area contributed by atoms with Gasteiger partial charge in [-0.15, -0.1) is 35.7 Å². The maximum absolute atomic E-state index is 5.80. The second-order valence-electron chi connectivity index (χ2n) is 5.21. The molecule has 7 heteroatoms. The molecule has 1 aromatic carbocycles. The standard InChI is InChI=1S/C18H23ClN4S.HI/c1-3-20-18(21-11-10-15-6-9-17(19)22-12-15)23-13-14-4-7-16(24-2)8-5-14;/h4-9,12H,3,10-11,13H2,1-2H3,(H2,20,21,23);1H. The van der Waals surface area contributed by atoms with Gasteiger partial charge in [-0.2, -0.15) is 0 Å². The Morgan fingerprint density at radius 1 is 1.12 bits per heavy atom. The molecule has 0 amide bonds. The number of nitrogens with zero attached hydrogens (tertiary/aromatic N) is 2. The van der Waals surface area contributed by atoms with Crippen LogP contribution in [0.1, 0.15) is 18.1 Å². The van der Waals surface area contributed by atoms with Gasteiger partial charge in [-0.05, 0) is 48.9 Å². The van der Waals surface area contributed by atoms with Crippen LogP contribution in [0.3, 0.4) is 0 Å². The van der Waals surface area contributed by atoms with Crippen molar-refractivity contribution in [3.63, 3.8) is 0 Å². The van der Waals surface area contributed by atoms with Gasteiger partial charge < -0.3 is 10.6 Å². The number of aliphatic imine (C=N–C) groups is 1. The van der Waals surface area contributed by atoms with E-state index in [1.165, 1.54) is 10.5 Å². The molecule has 0 radical (unpaired) electrons. The van der Waals surface area contributed by atoms with Crippen molar-refractivity contribution in [3.8, 4) is 0 Å². The van der Waals surface area contributed by atoms with Crippen LogP contribution >= 0.6 is 47.3 Å². The van der Waals surface area contributed by atoms with Crippen LogP contribution in [-0.4, -0.2) is 30.3 Å². The van der Waals surface area contributed by atoms with E-state index in [4.69, 9.17) is 11.6 Å². The summed E-state index contributed by atoms with van der Waals surface area (Å²) < 4.78 is 0. The van der Waals surface area contributed by atoms with E-state index in [1.807, 2.05) is 12.1 Å². The number of aromatic nitrogens is 1. The van der Waals surface area contributed by atoms with Crippen molar-refractivity contribution in [2.45, 2.75) is 24.8 Å². The molecule has 0 bridgehead atoms. The van der Waals surface area contributed by atoms with Crippen molar-refractivity contribution in [1.29, 1.82) is 0 Å². The number of pyridine rings is 1. The molecule has 1 heterocycles. The lowest BCUT2D eigenvalue weighted by atomic mass is 10.2. The lowest BCUT2D eigenvalue weighted by molar-refractivity contribution is 0.798. The average molecular weight is 491 g/mol. The van der Waals surface area contributed by atoms with E-state index in [0.717, 1.165) is 31.0 Å². The van der Waals surface area contributed by atoms with Gasteiger partial charge in [0.2, 0.25) is 0 Å². The molecule has 0 saturated heterocycles. The molecule has 0 fully saturated rings. The highest BCUT2D eigenvalue weighted by molar-refractivity contribution is 14.0. The molecular formula is C18H24ClIN4S. The number of hydrogen-bond donors (Lipinski definition) is 2. The molecule has 0 saturated carbocycles. The number of rotatable bonds is 7. The van der Waals surface area contributed by atoms with Crippen molar-refractivity contribution in [3.05, 3.63) is 58.9 Å². The Morgan fingerprint density at radius 3 is 2.44 bits per heavy atom. The molecule has 0 aliphatic heterocycles. The van der Waals surface area contributed by atoms with Crippen LogP contribution in [0.4, 0.5) is 0 Å². The quantitative estimate of drug-likeness (QED) is 0.199. The maximum Gasteiger partial charge on any atom is 0.191 e. The Labute approximate surface area is 176 Å². The van der Waals surface area contributed by atoms with Gasteiger partial charge in [0.15, 0.2) is 5.96 Å². The number of benzene rings is 1. The molecular weight excluding hydrogens is 467 g/mol. The van der Waals surface area contributed by atoms with E-state index in [0.29, 0.717) is 11.7 Å². The number of nitrogens with one attached hydrogen (secondary N) is 2. The Kier molecular flexibility index (Phi) is 10.9. The summed E-state index contributed by atoms with van der Waals surface area (Å²) in [5.74, 6) is 0.827. The van der Waals surface area contributed by atoms with Gasteiger partial charge in [0.1, 0.15) is 5.15 Å². The van der Waals surface area contributed by atoms with Gasteiger partial charge in [-0.1, -0.05) is 29.8 Å². The van der Waals surface area contributed by atoms with E-state index < -0.39 is 0 Å². The Bertz CT molecular complexity index is 647. The zero-order valence-electron chi connectivity index (χ0n) is 14.5. The molecule has 0 atom stereocenters. The molecule has 136 valence electrons. The van der Waals surface area contributed by atoms with Gasteiger partial charge in [0, 0.05) is 24.2 Å². The first-order chi connectivity index (χ1) is 11.7. The summed E-state index contributed by atoms with van der Waals surface area (Å²) in [6.07, 6.45) is 4.76. The molecule has 1 aromatic heterocycles. The monoisotopic (exact) mass is 490 g/mol. The highest BCUT2D eigenvalue weighted by Crippen LogP contribution is 2.15. The van der Waals surface area contributed by atoms with E-state index in [9.17, 15) is 0 Å². The van der Waals surface area contributed by atoms with Crippen LogP contribution < -0.4 is 10.6 Å². The number of thioether (sulfide) groups is 1. The topological polar surface area (TPSA) is 49.3 Å². The van der Waals surface area contributed by atoms with Crippen molar-refractivity contribution in [2.24, 2.45) is 4.99 Å². The van der Waals surface area contributed by atoms with Crippen molar-refractivity contribution in [2.75, 3.05) is 19.3 Å². The van der Waals surface area contributed by atoms with Crippen LogP contribution in [0.5, 0.6) is 0 Å². The summed E-state index contributed by atoms with van der Waals surface area (Å²) in [5, 5.41) is 7.14. The van der Waals surface area contributed by atoms with Gasteiger partial charge in [-0.3, -0.25) is 0 Å². The van der Waals surface area contributed by atoms with Crippen molar-refractivity contribution >= 4 is 53.3 Å². The first kappa shape index (κ1) is 22.1. The van der Waals surface area contributed by atoms with Crippen LogP contribution in [0.2, 0.25) is 5.15 Å². The summed E-state index contributed by atoms with van der Waals surface area (Å²) in [5.41, 5.74) is 2.35. The highest BCUT2D eigenvalue weighted by Gasteiger charge is 1.99. The van der Waals surface area contributed by atoms with Gasteiger partial charge >= 0.3 is 0 Å². The average Bonchev–Trinajstić information content (AvgIpc) is 2.62. The largest absolute Gasteiger partial charge is 0.357 e. The second kappa shape index (κ2) is 12.4. The lowest BCUT2D eigenvalue weighted by Crippen LogP contribution is -2.38. The molecule has 2 rings (SSSR count). The zero-order valence-corrected chi connectivity index (χ0v) is 18.4. The summed E-state index contributed by atoms with van der Waals surface area (Å²) in [6.45, 7) is 4.35. The molecule has 2 aromatic rings. The molecule has 0 unspecified atom stereocenters. The normalized spacial score (nSPS) is 10.9. The molecule has 0 aliphatic rings. The molecule has 2 N–H and O–H groups in total. The van der Waals surface area contributed by atoms with Gasteiger partial charge in [-0.25, -0.2) is 9.98 Å². The van der Waals surface area contributed by atoms with E-state index in [-0.39, 0.29) is 24.0 Å². The molecule has 0 aliphatic carbocycles. The van der Waals surface area contributed by atoms with Crippen LogP contribution in [-0.2, 0) is 13.0 Å². The van der Waals surface area contributed by atoms with E-state index in [1.54, 1.807) is 18.0 Å². The predicted octanol–water partition coefficient (Wildman–Crippen LogP) is 4.37. The minimum atomic E-state index is 0. The SMILES string of the molecule is CCNC(=NCc1ccc(SC)cc1)NCCc1ccc(Cl)nc1.I. The first-order valence-corrected chi connectivity index (χ1v) is 9.57. The second-order valence-corrected chi connectivity index (χ2v) is 6.48. The van der Waals surface area contributed by atoms with Crippen molar-refractivity contribution in [1.82, 2.24) is 15.6 Å². The first-order valence-electron chi connectivity index (χ1n) is 7.97. The van der Waals surface area contributed by atoms with Crippen LogP contribution in [0.15, 0.2) is 52.5 Å². The van der Waals surface area contributed by atoms with Crippen molar-refractivity contribution < 1.29 is 0 Å². The molecule has 4 nitrogen and oxygen atoms in total. The zero-order chi connectivity index (χ0) is 17.2. The summed E-state index contributed by atoms with van der Waals surface area (Å²) in [7, 11) is 0. The predicted molar refractivity (Wildman–Crippen MR) is 119 cm³/mol. The van der Waals surface area contributed by atoms with Crippen LogP contribution in [0.25, 0.3) is 0 Å². The number of guanidine groups is 1. The van der Waals surface area contributed by atoms with E-state index >= 15 is 0 Å².